The number of allylic oxidation sites excluding steroid dienone is 1. The topological polar surface area (TPSA) is 49.7 Å². The van der Waals surface area contributed by atoms with Gasteiger partial charge >= 0.3 is 6.61 Å². The summed E-state index contributed by atoms with van der Waals surface area (Å²) < 4.78 is 29.3. The van der Waals surface area contributed by atoms with Gasteiger partial charge < -0.3 is 14.9 Å². The van der Waals surface area contributed by atoms with E-state index in [4.69, 9.17) is 0 Å². The number of fused-ring (bicyclic) bond motifs is 5. The Kier molecular flexibility index (Phi) is 5.49. The van der Waals surface area contributed by atoms with E-state index in [0.29, 0.717) is 17.8 Å². The number of alkyl halides is 2. The second-order valence-corrected chi connectivity index (χ2v) is 11.0. The highest BCUT2D eigenvalue weighted by molar-refractivity contribution is 5.56. The van der Waals surface area contributed by atoms with Gasteiger partial charge in [-0.15, -0.1) is 0 Å². The highest BCUT2D eigenvalue weighted by Crippen LogP contribution is 2.65. The first-order valence-corrected chi connectivity index (χ1v) is 12.0. The number of aliphatic hydroxyl groups excluding tert-OH is 2. The molecule has 0 unspecified atom stereocenters. The summed E-state index contributed by atoms with van der Waals surface area (Å²) in [4.78, 5) is 0. The van der Waals surface area contributed by atoms with Crippen LogP contribution in [-0.2, 0) is 0 Å². The molecule has 0 radical (unpaired) electrons. The lowest BCUT2D eigenvalue weighted by atomic mass is 9.48. The van der Waals surface area contributed by atoms with E-state index in [1.165, 1.54) is 5.57 Å². The summed E-state index contributed by atoms with van der Waals surface area (Å²) in [5.74, 6) is 1.75. The van der Waals surface area contributed by atoms with Crippen LogP contribution in [0.5, 0.6) is 5.75 Å². The second-order valence-electron chi connectivity index (χ2n) is 11.0. The molecule has 3 saturated carbocycles. The Labute approximate surface area is 189 Å². The molecule has 0 spiro atoms. The van der Waals surface area contributed by atoms with E-state index >= 15 is 0 Å². The maximum atomic E-state index is 12.4. The van der Waals surface area contributed by atoms with Crippen molar-refractivity contribution in [2.24, 2.45) is 28.6 Å². The predicted octanol–water partition coefficient (Wildman–Crippen LogP) is 5.97. The largest absolute Gasteiger partial charge is 0.435 e. The van der Waals surface area contributed by atoms with E-state index < -0.39 is 12.7 Å². The maximum absolute atomic E-state index is 12.4. The van der Waals surface area contributed by atoms with Crippen LogP contribution >= 0.6 is 0 Å². The van der Waals surface area contributed by atoms with Gasteiger partial charge in [0.2, 0.25) is 0 Å². The lowest BCUT2D eigenvalue weighted by molar-refractivity contribution is -0.0685. The zero-order valence-corrected chi connectivity index (χ0v) is 18.9. The minimum atomic E-state index is -2.83. The lowest BCUT2D eigenvalue weighted by Crippen LogP contribution is -2.51. The standard InChI is InChI=1S/C27H34F2O3/c1-26-11-9-19(30)15-18(26)5-8-21-22(26)10-12-27(2)23(21)14-17(24(27)31)13-16-3-6-20(7-4-16)32-25(28)29/h3-7,13,19,21-25,30-31H,8-12,14-15H2,1-2H3/b17-13-/t19-,21-,22+,23+,24-,26-,27+/m0/s1. The molecule has 1 aromatic carbocycles. The molecule has 7 atom stereocenters. The van der Waals surface area contributed by atoms with Crippen LogP contribution in [0.4, 0.5) is 8.78 Å². The van der Waals surface area contributed by atoms with Crippen molar-refractivity contribution in [1.29, 1.82) is 0 Å². The van der Waals surface area contributed by atoms with Crippen molar-refractivity contribution in [3.8, 4) is 5.75 Å². The van der Waals surface area contributed by atoms with Gasteiger partial charge in [0, 0.05) is 5.41 Å². The summed E-state index contributed by atoms with van der Waals surface area (Å²) in [6.45, 7) is 1.84. The molecule has 2 N–H and O–H groups in total. The van der Waals surface area contributed by atoms with E-state index in [-0.39, 0.29) is 22.7 Å². The number of hydrogen-bond acceptors (Lipinski definition) is 3. The van der Waals surface area contributed by atoms with Crippen molar-refractivity contribution in [1.82, 2.24) is 0 Å². The fraction of sp³-hybridized carbons (Fsp3) is 0.630. The highest BCUT2D eigenvalue weighted by Gasteiger charge is 2.59. The summed E-state index contributed by atoms with van der Waals surface area (Å²) >= 11 is 0. The molecule has 32 heavy (non-hydrogen) atoms. The molecule has 0 heterocycles. The molecular formula is C27H34F2O3. The molecule has 0 amide bonds. The van der Waals surface area contributed by atoms with E-state index in [1.54, 1.807) is 24.3 Å². The summed E-state index contributed by atoms with van der Waals surface area (Å²) in [6, 6.07) is 6.65. The molecule has 0 bridgehead atoms. The molecule has 1 aromatic rings. The molecule has 0 aliphatic heterocycles. The summed E-state index contributed by atoms with van der Waals surface area (Å²) in [7, 11) is 0. The molecular weight excluding hydrogens is 410 g/mol. The van der Waals surface area contributed by atoms with Gasteiger partial charge in [-0.25, -0.2) is 0 Å². The number of rotatable bonds is 3. The van der Waals surface area contributed by atoms with Crippen LogP contribution < -0.4 is 4.74 Å². The molecule has 5 rings (SSSR count). The Hall–Kier alpha value is -1.72. The Bertz CT molecular complexity index is 923. The summed E-state index contributed by atoms with van der Waals surface area (Å²) in [5.41, 5.74) is 3.47. The van der Waals surface area contributed by atoms with Crippen LogP contribution in [0, 0.1) is 28.6 Å². The third-order valence-corrected chi connectivity index (χ3v) is 9.40. The normalized spacial score (nSPS) is 42.3. The number of ether oxygens (including phenoxy) is 1. The first-order chi connectivity index (χ1) is 15.2. The minimum absolute atomic E-state index is 0.123. The van der Waals surface area contributed by atoms with Gasteiger partial charge in [0.25, 0.3) is 0 Å². The number of benzene rings is 1. The molecule has 0 aromatic heterocycles. The van der Waals surface area contributed by atoms with Gasteiger partial charge in [0.1, 0.15) is 5.75 Å². The Balaban J connectivity index is 1.40. The van der Waals surface area contributed by atoms with Gasteiger partial charge in [-0.05, 0) is 91.4 Å². The summed E-state index contributed by atoms with van der Waals surface area (Å²) in [5, 5.41) is 21.6. The van der Waals surface area contributed by atoms with Crippen molar-refractivity contribution in [2.45, 2.75) is 77.6 Å². The monoisotopic (exact) mass is 444 g/mol. The van der Waals surface area contributed by atoms with Gasteiger partial charge in [-0.1, -0.05) is 43.7 Å². The van der Waals surface area contributed by atoms with Crippen molar-refractivity contribution < 1.29 is 23.7 Å². The molecule has 174 valence electrons. The average Bonchev–Trinajstić information content (AvgIpc) is 3.00. The van der Waals surface area contributed by atoms with Crippen molar-refractivity contribution in [3.63, 3.8) is 0 Å². The SMILES string of the molecule is C[C@@]12CC[C@@H]3[C@H](CC=C4C[C@@H](O)CC[C@@]43C)[C@H]1C/C(=C/c1ccc(OC(F)F)cc1)[C@@H]2O. The minimum Gasteiger partial charge on any atom is -0.435 e. The van der Waals surface area contributed by atoms with Crippen molar-refractivity contribution >= 4 is 6.08 Å². The number of halogens is 2. The maximum Gasteiger partial charge on any atom is 0.387 e. The lowest BCUT2D eigenvalue weighted by Gasteiger charge is -2.57. The zero-order valence-electron chi connectivity index (χ0n) is 18.9. The van der Waals surface area contributed by atoms with E-state index in [0.717, 1.165) is 56.1 Å². The van der Waals surface area contributed by atoms with Crippen molar-refractivity contribution in [2.75, 3.05) is 0 Å². The quantitative estimate of drug-likeness (QED) is 0.565. The highest BCUT2D eigenvalue weighted by atomic mass is 19.3. The van der Waals surface area contributed by atoms with Gasteiger partial charge in [-0.2, -0.15) is 8.78 Å². The molecule has 4 aliphatic carbocycles. The third kappa shape index (κ3) is 3.52. The van der Waals surface area contributed by atoms with Gasteiger partial charge in [0.05, 0.1) is 12.2 Å². The average molecular weight is 445 g/mol. The molecule has 3 fully saturated rings. The van der Waals surface area contributed by atoms with Crippen LogP contribution in [0.2, 0.25) is 0 Å². The Morgan fingerprint density at radius 1 is 1.03 bits per heavy atom. The number of hydrogen-bond donors (Lipinski definition) is 2. The Morgan fingerprint density at radius 3 is 2.50 bits per heavy atom. The van der Waals surface area contributed by atoms with E-state index in [9.17, 15) is 19.0 Å². The molecule has 3 nitrogen and oxygen atoms in total. The van der Waals surface area contributed by atoms with Crippen LogP contribution in [0.15, 0.2) is 41.5 Å². The first-order valence-electron chi connectivity index (χ1n) is 12.0. The van der Waals surface area contributed by atoms with E-state index in [2.05, 4.69) is 24.7 Å². The molecule has 0 saturated heterocycles. The molecule has 4 aliphatic rings. The smallest absolute Gasteiger partial charge is 0.387 e. The summed E-state index contributed by atoms with van der Waals surface area (Å²) in [6.07, 6.45) is 10.6. The van der Waals surface area contributed by atoms with Crippen molar-refractivity contribution in [3.05, 3.63) is 47.1 Å². The van der Waals surface area contributed by atoms with Gasteiger partial charge in [-0.3, -0.25) is 0 Å². The Morgan fingerprint density at radius 2 is 1.78 bits per heavy atom. The number of aliphatic hydroxyl groups is 2. The van der Waals surface area contributed by atoms with Crippen LogP contribution in [0.1, 0.15) is 64.4 Å². The fourth-order valence-corrected chi connectivity index (χ4v) is 7.60. The van der Waals surface area contributed by atoms with Gasteiger partial charge in [0.15, 0.2) is 0 Å². The van der Waals surface area contributed by atoms with E-state index in [1.807, 2.05) is 6.08 Å². The van der Waals surface area contributed by atoms with Crippen LogP contribution in [0.3, 0.4) is 0 Å². The second kappa shape index (κ2) is 7.95. The van der Waals surface area contributed by atoms with Crippen LogP contribution in [-0.4, -0.2) is 29.0 Å². The molecule has 5 heteroatoms. The first kappa shape index (κ1) is 22.1. The van der Waals surface area contributed by atoms with Crippen LogP contribution in [0.25, 0.3) is 6.08 Å². The third-order valence-electron chi connectivity index (χ3n) is 9.40. The zero-order chi connectivity index (χ0) is 22.7. The fourth-order valence-electron chi connectivity index (χ4n) is 7.60. The predicted molar refractivity (Wildman–Crippen MR) is 120 cm³/mol.